The molecule has 0 aliphatic carbocycles. The molecule has 0 saturated carbocycles. The van der Waals surface area contributed by atoms with E-state index in [1.807, 2.05) is 30.3 Å². The van der Waals surface area contributed by atoms with Gasteiger partial charge < -0.3 is 10.2 Å². The smallest absolute Gasteiger partial charge is 0.256 e. The molecule has 1 atom stereocenters. The molecule has 7 heteroatoms. The number of hydrogen-bond donors (Lipinski definition) is 1. The molecular weight excluding hydrogens is 416 g/mol. The molecule has 1 N–H and O–H groups in total. The molecule has 0 unspecified atom stereocenters. The summed E-state index contributed by atoms with van der Waals surface area (Å²) in [6, 6.07) is 15.5. The summed E-state index contributed by atoms with van der Waals surface area (Å²) in [4.78, 5) is 16.2. The molecule has 0 radical (unpaired) electrons. The zero-order valence-electron chi connectivity index (χ0n) is 17.0. The molecule has 160 valence electrons. The number of rotatable bonds is 5. The fourth-order valence-corrected chi connectivity index (χ4v) is 7.70. The molecule has 1 amide bonds. The molecule has 2 aliphatic heterocycles. The molecule has 30 heavy (non-hydrogen) atoms. The average molecular weight is 445 g/mol. The molecule has 2 aliphatic rings. The molecule has 2 aromatic rings. The van der Waals surface area contributed by atoms with Crippen LogP contribution in [0.15, 0.2) is 53.4 Å². The summed E-state index contributed by atoms with van der Waals surface area (Å²) < 4.78 is 23.5. The first-order valence-corrected chi connectivity index (χ1v) is 13.3. The zero-order chi connectivity index (χ0) is 21.0. The van der Waals surface area contributed by atoms with Crippen molar-refractivity contribution in [3.63, 3.8) is 0 Å². The normalized spacial score (nSPS) is 21.2. The molecule has 0 spiro atoms. The Kier molecular flexibility index (Phi) is 6.68. The predicted octanol–water partition coefficient (Wildman–Crippen LogP) is 4.60. The Morgan fingerprint density at radius 1 is 0.967 bits per heavy atom. The van der Waals surface area contributed by atoms with E-state index in [2.05, 4.69) is 22.3 Å². The molecule has 2 fully saturated rings. The van der Waals surface area contributed by atoms with E-state index in [1.54, 1.807) is 6.07 Å². The van der Waals surface area contributed by atoms with Crippen LogP contribution in [0.5, 0.6) is 0 Å². The minimum absolute atomic E-state index is 0.0110. The van der Waals surface area contributed by atoms with Crippen LogP contribution in [0.3, 0.4) is 0 Å². The molecule has 4 rings (SSSR count). The fraction of sp³-hybridized carbons (Fsp3) is 0.435. The van der Waals surface area contributed by atoms with Gasteiger partial charge in [0.1, 0.15) is 0 Å². The van der Waals surface area contributed by atoms with Crippen LogP contribution in [0.4, 0.5) is 11.4 Å². The maximum atomic E-state index is 12.9. The van der Waals surface area contributed by atoms with Crippen molar-refractivity contribution in [2.45, 2.75) is 42.2 Å². The third-order valence-corrected chi connectivity index (χ3v) is 9.04. The van der Waals surface area contributed by atoms with E-state index in [-0.39, 0.29) is 22.7 Å². The summed E-state index contributed by atoms with van der Waals surface area (Å²) in [5.74, 6) is 0.259. The highest BCUT2D eigenvalue weighted by molar-refractivity contribution is 8.02. The summed E-state index contributed by atoms with van der Waals surface area (Å²) in [7, 11) is -2.94. The van der Waals surface area contributed by atoms with E-state index in [4.69, 9.17) is 0 Å². The lowest BCUT2D eigenvalue weighted by Crippen LogP contribution is -2.23. The minimum atomic E-state index is -2.94. The van der Waals surface area contributed by atoms with Crippen molar-refractivity contribution in [1.29, 1.82) is 0 Å². The van der Waals surface area contributed by atoms with Crippen LogP contribution in [0.2, 0.25) is 0 Å². The Morgan fingerprint density at radius 2 is 1.67 bits per heavy atom. The number of carbonyl (C=O) groups is 1. The molecule has 0 aromatic heterocycles. The summed E-state index contributed by atoms with van der Waals surface area (Å²) in [6.07, 6.45) is 5.70. The van der Waals surface area contributed by atoms with E-state index in [9.17, 15) is 13.2 Å². The maximum Gasteiger partial charge on any atom is 0.256 e. The van der Waals surface area contributed by atoms with Crippen LogP contribution in [0.25, 0.3) is 0 Å². The van der Waals surface area contributed by atoms with Crippen molar-refractivity contribution < 1.29 is 13.2 Å². The van der Waals surface area contributed by atoms with Gasteiger partial charge in [0.15, 0.2) is 9.84 Å². The van der Waals surface area contributed by atoms with Gasteiger partial charge in [-0.25, -0.2) is 8.42 Å². The first-order chi connectivity index (χ1) is 14.5. The van der Waals surface area contributed by atoms with Crippen LogP contribution in [0.1, 0.15) is 42.5 Å². The second-order valence-electron chi connectivity index (χ2n) is 8.04. The predicted molar refractivity (Wildman–Crippen MR) is 124 cm³/mol. The summed E-state index contributed by atoms with van der Waals surface area (Å²) >= 11 is 1.50. The van der Waals surface area contributed by atoms with Crippen LogP contribution >= 0.6 is 11.8 Å². The molecular formula is C23H28N2O3S2. The number of hydrogen-bond acceptors (Lipinski definition) is 5. The fourth-order valence-electron chi connectivity index (χ4n) is 4.07. The number of anilines is 2. The highest BCUT2D eigenvalue weighted by atomic mass is 32.2. The van der Waals surface area contributed by atoms with Crippen molar-refractivity contribution in [3.8, 4) is 0 Å². The van der Waals surface area contributed by atoms with Gasteiger partial charge in [-0.15, -0.1) is 11.8 Å². The lowest BCUT2D eigenvalue weighted by Gasteiger charge is -2.22. The molecule has 0 bridgehead atoms. The number of benzene rings is 2. The van der Waals surface area contributed by atoms with Crippen LogP contribution in [-0.4, -0.2) is 44.2 Å². The van der Waals surface area contributed by atoms with E-state index in [1.165, 1.54) is 43.1 Å². The largest absolute Gasteiger partial charge is 0.372 e. The van der Waals surface area contributed by atoms with Crippen molar-refractivity contribution in [2.75, 3.05) is 34.8 Å². The molecule has 2 heterocycles. The zero-order valence-corrected chi connectivity index (χ0v) is 18.7. The van der Waals surface area contributed by atoms with Crippen molar-refractivity contribution in [3.05, 3.63) is 54.1 Å². The highest BCUT2D eigenvalue weighted by Gasteiger charge is 2.29. The van der Waals surface area contributed by atoms with Crippen LogP contribution < -0.4 is 10.2 Å². The average Bonchev–Trinajstić information content (AvgIpc) is 2.93. The Bertz CT molecular complexity index is 982. The van der Waals surface area contributed by atoms with E-state index in [0.717, 1.165) is 23.7 Å². The number of nitrogens with one attached hydrogen (secondary N) is 1. The van der Waals surface area contributed by atoms with Gasteiger partial charge in [0.05, 0.1) is 17.1 Å². The van der Waals surface area contributed by atoms with E-state index in [0.29, 0.717) is 12.0 Å². The Morgan fingerprint density at radius 3 is 2.33 bits per heavy atom. The van der Waals surface area contributed by atoms with Gasteiger partial charge in [-0.05, 0) is 55.7 Å². The second kappa shape index (κ2) is 9.43. The van der Waals surface area contributed by atoms with Gasteiger partial charge in [0.2, 0.25) is 0 Å². The first-order valence-electron chi connectivity index (χ1n) is 10.6. The third-order valence-electron chi connectivity index (χ3n) is 5.71. The van der Waals surface area contributed by atoms with Gasteiger partial charge in [-0.1, -0.05) is 25.0 Å². The number of thioether (sulfide) groups is 1. The number of nitrogens with zero attached hydrogens (tertiary/aromatic N) is 1. The van der Waals surface area contributed by atoms with Gasteiger partial charge in [-0.2, -0.15) is 0 Å². The minimum Gasteiger partial charge on any atom is -0.372 e. The number of amides is 1. The molecule has 5 nitrogen and oxygen atoms in total. The first kappa shape index (κ1) is 21.2. The SMILES string of the molecule is O=C(Nc1ccc(N2CCCCCC2)cc1)c1ccccc1S[C@@H]1CCS(=O)(=O)C1. The maximum absolute atomic E-state index is 12.9. The summed E-state index contributed by atoms with van der Waals surface area (Å²) in [5.41, 5.74) is 2.55. The lowest BCUT2D eigenvalue weighted by molar-refractivity contribution is 0.102. The number of sulfone groups is 1. The summed E-state index contributed by atoms with van der Waals surface area (Å²) in [5, 5.41) is 3.00. The van der Waals surface area contributed by atoms with Crippen molar-refractivity contribution in [2.24, 2.45) is 0 Å². The van der Waals surface area contributed by atoms with Gasteiger partial charge in [0.25, 0.3) is 5.91 Å². The van der Waals surface area contributed by atoms with E-state index >= 15 is 0 Å². The van der Waals surface area contributed by atoms with E-state index < -0.39 is 9.84 Å². The third kappa shape index (κ3) is 5.38. The Labute approximate surface area is 183 Å². The van der Waals surface area contributed by atoms with Crippen LogP contribution in [-0.2, 0) is 9.84 Å². The quantitative estimate of drug-likeness (QED) is 0.730. The topological polar surface area (TPSA) is 66.5 Å². The Balaban J connectivity index is 1.42. The van der Waals surface area contributed by atoms with Gasteiger partial charge in [-0.3, -0.25) is 4.79 Å². The summed E-state index contributed by atoms with van der Waals surface area (Å²) in [6.45, 7) is 2.18. The number of carbonyl (C=O) groups excluding carboxylic acids is 1. The van der Waals surface area contributed by atoms with Gasteiger partial charge >= 0.3 is 0 Å². The monoisotopic (exact) mass is 444 g/mol. The standard InChI is InChI=1S/C23H28N2O3S2/c26-23(21-7-3-4-8-22(21)29-20-13-16-30(27,28)17-20)24-18-9-11-19(12-10-18)25-14-5-1-2-6-15-25/h3-4,7-12,20H,1-2,5-6,13-17H2,(H,24,26)/t20-/m1/s1. The van der Waals surface area contributed by atoms with Crippen molar-refractivity contribution >= 4 is 38.9 Å². The molecule has 2 aromatic carbocycles. The van der Waals surface area contributed by atoms with Crippen molar-refractivity contribution in [1.82, 2.24) is 0 Å². The highest BCUT2D eigenvalue weighted by Crippen LogP contribution is 2.33. The van der Waals surface area contributed by atoms with Crippen LogP contribution in [0, 0.1) is 0 Å². The lowest BCUT2D eigenvalue weighted by atomic mass is 10.2. The van der Waals surface area contributed by atoms with Gasteiger partial charge in [0, 0.05) is 34.6 Å². The Hall–Kier alpha value is -1.99. The second-order valence-corrected chi connectivity index (χ2v) is 11.6. The molecule has 2 saturated heterocycles.